The minimum atomic E-state index is 0.864. The molecule has 0 saturated heterocycles. The van der Waals surface area contributed by atoms with Crippen LogP contribution in [0.15, 0.2) is 59.2 Å². The summed E-state index contributed by atoms with van der Waals surface area (Å²) in [6, 6.07) is 16.3. The number of anilines is 2. The van der Waals surface area contributed by atoms with Crippen LogP contribution in [-0.2, 0) is 7.05 Å². The zero-order valence-electron chi connectivity index (χ0n) is 12.4. The maximum absolute atomic E-state index is 5.18. The second-order valence-electron chi connectivity index (χ2n) is 4.90. The molecule has 22 heavy (non-hydrogen) atoms. The van der Waals surface area contributed by atoms with Crippen LogP contribution >= 0.6 is 15.9 Å². The third-order valence-corrected chi connectivity index (χ3v) is 4.05. The molecule has 0 saturated carbocycles. The molecule has 112 valence electrons. The zero-order valence-corrected chi connectivity index (χ0v) is 14.0. The number of nitrogens with one attached hydrogen (secondary N) is 1. The SMILES string of the molecule is COc1ccc(-c2ccc(Nc3c(Br)cnn3C)cc2)cc1. The van der Waals surface area contributed by atoms with E-state index < -0.39 is 0 Å². The van der Waals surface area contributed by atoms with E-state index in [4.69, 9.17) is 4.74 Å². The number of hydrogen-bond acceptors (Lipinski definition) is 3. The fourth-order valence-electron chi connectivity index (χ4n) is 2.22. The average Bonchev–Trinajstić information content (AvgIpc) is 2.88. The molecule has 0 radical (unpaired) electrons. The van der Waals surface area contributed by atoms with Gasteiger partial charge >= 0.3 is 0 Å². The molecule has 1 heterocycles. The molecule has 2 aromatic carbocycles. The Morgan fingerprint density at radius 2 is 1.59 bits per heavy atom. The van der Waals surface area contributed by atoms with E-state index in [9.17, 15) is 0 Å². The molecule has 1 N–H and O–H groups in total. The minimum Gasteiger partial charge on any atom is -0.497 e. The number of nitrogens with zero attached hydrogens (tertiary/aromatic N) is 2. The summed E-state index contributed by atoms with van der Waals surface area (Å²) in [6.45, 7) is 0. The summed E-state index contributed by atoms with van der Waals surface area (Å²) < 4.78 is 7.91. The summed E-state index contributed by atoms with van der Waals surface area (Å²) in [6.07, 6.45) is 1.77. The lowest BCUT2D eigenvalue weighted by Gasteiger charge is -2.09. The van der Waals surface area contributed by atoms with Gasteiger partial charge in [-0.2, -0.15) is 5.10 Å². The Balaban J connectivity index is 1.80. The number of methoxy groups -OCH3 is 1. The van der Waals surface area contributed by atoms with Gasteiger partial charge in [0.25, 0.3) is 0 Å². The Morgan fingerprint density at radius 3 is 2.09 bits per heavy atom. The molecule has 0 atom stereocenters. The second-order valence-corrected chi connectivity index (χ2v) is 5.75. The number of halogens is 1. The van der Waals surface area contributed by atoms with Crippen molar-refractivity contribution in [2.75, 3.05) is 12.4 Å². The molecule has 0 bridgehead atoms. The van der Waals surface area contributed by atoms with Gasteiger partial charge in [-0.15, -0.1) is 0 Å². The highest BCUT2D eigenvalue weighted by Gasteiger charge is 2.06. The maximum Gasteiger partial charge on any atom is 0.142 e. The van der Waals surface area contributed by atoms with Gasteiger partial charge in [0.1, 0.15) is 11.6 Å². The molecule has 0 unspecified atom stereocenters. The second kappa shape index (κ2) is 6.23. The predicted molar refractivity (Wildman–Crippen MR) is 92.6 cm³/mol. The Kier molecular flexibility index (Phi) is 4.15. The lowest BCUT2D eigenvalue weighted by molar-refractivity contribution is 0.415. The van der Waals surface area contributed by atoms with Crippen molar-refractivity contribution in [1.82, 2.24) is 9.78 Å². The summed E-state index contributed by atoms with van der Waals surface area (Å²) in [7, 11) is 3.57. The fourth-order valence-corrected chi connectivity index (χ4v) is 2.66. The third kappa shape index (κ3) is 2.99. The quantitative estimate of drug-likeness (QED) is 0.741. The van der Waals surface area contributed by atoms with E-state index in [0.717, 1.165) is 32.9 Å². The molecule has 1 aromatic heterocycles. The Morgan fingerprint density at radius 1 is 1.00 bits per heavy atom. The first kappa shape index (κ1) is 14.7. The topological polar surface area (TPSA) is 39.1 Å². The molecule has 0 fully saturated rings. The Hall–Kier alpha value is -2.27. The average molecular weight is 358 g/mol. The van der Waals surface area contributed by atoms with E-state index in [1.165, 1.54) is 0 Å². The van der Waals surface area contributed by atoms with Gasteiger partial charge in [0.2, 0.25) is 0 Å². The third-order valence-electron chi connectivity index (χ3n) is 3.47. The van der Waals surface area contributed by atoms with Crippen LogP contribution in [0.2, 0.25) is 0 Å². The van der Waals surface area contributed by atoms with Gasteiger partial charge in [-0.1, -0.05) is 24.3 Å². The van der Waals surface area contributed by atoms with Crippen molar-refractivity contribution in [3.63, 3.8) is 0 Å². The number of aromatic nitrogens is 2. The van der Waals surface area contributed by atoms with Gasteiger partial charge in [-0.25, -0.2) is 0 Å². The monoisotopic (exact) mass is 357 g/mol. The molecule has 3 aromatic rings. The number of hydrogen-bond donors (Lipinski definition) is 1. The first-order valence-corrected chi connectivity index (χ1v) is 7.65. The molecule has 0 amide bonds. The van der Waals surface area contributed by atoms with E-state index in [0.29, 0.717) is 0 Å². The van der Waals surface area contributed by atoms with Gasteiger partial charge in [0, 0.05) is 12.7 Å². The van der Waals surface area contributed by atoms with Crippen molar-refractivity contribution in [3.8, 4) is 16.9 Å². The van der Waals surface area contributed by atoms with Crippen molar-refractivity contribution in [3.05, 3.63) is 59.2 Å². The van der Waals surface area contributed by atoms with Crippen LogP contribution in [0.3, 0.4) is 0 Å². The largest absolute Gasteiger partial charge is 0.497 e. The van der Waals surface area contributed by atoms with Crippen molar-refractivity contribution in [2.24, 2.45) is 7.05 Å². The lowest BCUT2D eigenvalue weighted by atomic mass is 10.1. The summed E-state index contributed by atoms with van der Waals surface area (Å²) >= 11 is 3.48. The van der Waals surface area contributed by atoms with Crippen LogP contribution in [0.4, 0.5) is 11.5 Å². The number of aryl methyl sites for hydroxylation is 1. The van der Waals surface area contributed by atoms with E-state index in [-0.39, 0.29) is 0 Å². The van der Waals surface area contributed by atoms with Crippen LogP contribution in [0.1, 0.15) is 0 Å². The molecule has 3 rings (SSSR count). The molecule has 4 nitrogen and oxygen atoms in total. The van der Waals surface area contributed by atoms with Gasteiger partial charge in [-0.3, -0.25) is 4.68 Å². The van der Waals surface area contributed by atoms with Crippen LogP contribution in [0.25, 0.3) is 11.1 Å². The van der Waals surface area contributed by atoms with Crippen LogP contribution in [-0.4, -0.2) is 16.9 Å². The molecule has 0 aliphatic rings. The highest BCUT2D eigenvalue weighted by atomic mass is 79.9. The van der Waals surface area contributed by atoms with Gasteiger partial charge in [0.15, 0.2) is 0 Å². The van der Waals surface area contributed by atoms with E-state index in [1.807, 2.05) is 19.2 Å². The lowest BCUT2D eigenvalue weighted by Crippen LogP contribution is -1.99. The van der Waals surface area contributed by atoms with Crippen molar-refractivity contribution >= 4 is 27.4 Å². The predicted octanol–water partition coefficient (Wildman–Crippen LogP) is 4.60. The number of ether oxygens (including phenoxy) is 1. The standard InChI is InChI=1S/C17H16BrN3O/c1-21-17(16(18)11-19-21)20-14-7-3-12(4-8-14)13-5-9-15(22-2)10-6-13/h3-11,20H,1-2H3. The van der Waals surface area contributed by atoms with Gasteiger partial charge in [-0.05, 0) is 51.3 Å². The highest BCUT2D eigenvalue weighted by molar-refractivity contribution is 9.10. The summed E-state index contributed by atoms with van der Waals surface area (Å²) in [5, 5.41) is 7.54. The van der Waals surface area contributed by atoms with E-state index >= 15 is 0 Å². The molecular weight excluding hydrogens is 342 g/mol. The molecule has 0 spiro atoms. The van der Waals surface area contributed by atoms with Crippen LogP contribution in [0, 0.1) is 0 Å². The Labute approximate surface area is 137 Å². The van der Waals surface area contributed by atoms with E-state index in [2.05, 4.69) is 62.7 Å². The minimum absolute atomic E-state index is 0.864. The Bertz CT molecular complexity index is 744. The van der Waals surface area contributed by atoms with Crippen molar-refractivity contribution < 1.29 is 4.74 Å². The summed E-state index contributed by atoms with van der Waals surface area (Å²) in [4.78, 5) is 0. The first-order valence-electron chi connectivity index (χ1n) is 6.86. The zero-order chi connectivity index (χ0) is 15.5. The smallest absolute Gasteiger partial charge is 0.142 e. The molecule has 5 heteroatoms. The fraction of sp³-hybridized carbons (Fsp3) is 0.118. The van der Waals surface area contributed by atoms with Crippen LogP contribution in [0.5, 0.6) is 5.75 Å². The van der Waals surface area contributed by atoms with E-state index in [1.54, 1.807) is 18.0 Å². The van der Waals surface area contributed by atoms with Gasteiger partial charge < -0.3 is 10.1 Å². The number of rotatable bonds is 4. The van der Waals surface area contributed by atoms with Crippen molar-refractivity contribution in [2.45, 2.75) is 0 Å². The molecular formula is C17H16BrN3O. The molecule has 0 aliphatic heterocycles. The summed E-state index contributed by atoms with van der Waals surface area (Å²) in [5.41, 5.74) is 3.34. The maximum atomic E-state index is 5.18. The first-order chi connectivity index (χ1) is 10.7. The van der Waals surface area contributed by atoms with Crippen molar-refractivity contribution in [1.29, 1.82) is 0 Å². The van der Waals surface area contributed by atoms with Gasteiger partial charge in [0.05, 0.1) is 17.8 Å². The highest BCUT2D eigenvalue weighted by Crippen LogP contribution is 2.27. The summed E-state index contributed by atoms with van der Waals surface area (Å²) in [5.74, 6) is 1.79. The normalized spacial score (nSPS) is 10.5. The number of benzene rings is 2. The molecule has 0 aliphatic carbocycles. The van der Waals surface area contributed by atoms with Crippen LogP contribution < -0.4 is 10.1 Å².